The number of fused-ring (bicyclic) bond motifs is 1. The van der Waals surface area contributed by atoms with E-state index in [-0.39, 0.29) is 5.91 Å². The molecule has 29 heavy (non-hydrogen) atoms. The molecule has 1 fully saturated rings. The van der Waals surface area contributed by atoms with Gasteiger partial charge >= 0.3 is 0 Å². The second kappa shape index (κ2) is 8.01. The Morgan fingerprint density at radius 1 is 0.897 bits per heavy atom. The largest absolute Gasteiger partial charge is 0.378 e. The van der Waals surface area contributed by atoms with Gasteiger partial charge in [0.2, 0.25) is 0 Å². The fraction of sp³-hybridized carbons (Fsp3) is 0.292. The van der Waals surface area contributed by atoms with E-state index in [1.807, 2.05) is 11.0 Å². The van der Waals surface area contributed by atoms with E-state index in [2.05, 4.69) is 59.5 Å². The highest BCUT2D eigenvalue weighted by Gasteiger charge is 2.26. The van der Waals surface area contributed by atoms with Crippen LogP contribution in [0.25, 0.3) is 11.1 Å². The van der Waals surface area contributed by atoms with Crippen LogP contribution in [0, 0.1) is 0 Å². The minimum absolute atomic E-state index is 0.140. The summed E-state index contributed by atoms with van der Waals surface area (Å²) in [5, 5.41) is 1.18. The van der Waals surface area contributed by atoms with Crippen LogP contribution < -0.4 is 4.90 Å². The Kier molecular flexibility index (Phi) is 5.08. The maximum Gasteiger partial charge on any atom is 0.264 e. The number of hydrogen-bond acceptors (Lipinski definition) is 4. The van der Waals surface area contributed by atoms with Gasteiger partial charge in [0, 0.05) is 31.7 Å². The van der Waals surface area contributed by atoms with Gasteiger partial charge in [-0.2, -0.15) is 0 Å². The molecule has 1 saturated heterocycles. The highest BCUT2D eigenvalue weighted by atomic mass is 32.1. The summed E-state index contributed by atoms with van der Waals surface area (Å²) in [6, 6.07) is 20.9. The first-order chi connectivity index (χ1) is 14.3. The van der Waals surface area contributed by atoms with Gasteiger partial charge in [0.05, 0.1) is 23.1 Å². The third kappa shape index (κ3) is 3.68. The topological polar surface area (TPSA) is 32.8 Å². The lowest BCUT2D eigenvalue weighted by molar-refractivity contribution is 0.0739. The van der Waals surface area contributed by atoms with Crippen molar-refractivity contribution in [1.29, 1.82) is 0 Å². The molecule has 2 aromatic carbocycles. The summed E-state index contributed by atoms with van der Waals surface area (Å²) < 4.78 is 5.54. The summed E-state index contributed by atoms with van der Waals surface area (Å²) in [5.41, 5.74) is 4.94. The monoisotopic (exact) mass is 404 g/mol. The van der Waals surface area contributed by atoms with E-state index < -0.39 is 0 Å². The van der Waals surface area contributed by atoms with E-state index in [0.717, 1.165) is 55.3 Å². The van der Waals surface area contributed by atoms with Crippen LogP contribution in [0.5, 0.6) is 0 Å². The van der Waals surface area contributed by atoms with Gasteiger partial charge in [-0.25, -0.2) is 0 Å². The van der Waals surface area contributed by atoms with Crippen molar-refractivity contribution in [3.05, 3.63) is 76.7 Å². The molecule has 3 heterocycles. The van der Waals surface area contributed by atoms with E-state index in [1.165, 1.54) is 16.1 Å². The first-order valence-electron chi connectivity index (χ1n) is 10.2. The van der Waals surface area contributed by atoms with Gasteiger partial charge in [-0.3, -0.25) is 4.79 Å². The molecule has 4 nitrogen and oxygen atoms in total. The van der Waals surface area contributed by atoms with Gasteiger partial charge in [0.1, 0.15) is 0 Å². The Balaban J connectivity index is 1.47. The van der Waals surface area contributed by atoms with Crippen LogP contribution in [0.3, 0.4) is 0 Å². The van der Waals surface area contributed by atoms with Crippen molar-refractivity contribution in [2.75, 3.05) is 37.7 Å². The number of morpholine rings is 1. The molecule has 0 spiro atoms. The fourth-order valence-corrected chi connectivity index (χ4v) is 5.34. The number of ether oxygens (including phenoxy) is 1. The molecule has 1 aromatic heterocycles. The molecule has 0 radical (unpaired) electrons. The number of thiophene rings is 1. The van der Waals surface area contributed by atoms with Crippen LogP contribution in [0.4, 0.5) is 5.00 Å². The van der Waals surface area contributed by atoms with Crippen molar-refractivity contribution in [2.45, 2.75) is 13.0 Å². The van der Waals surface area contributed by atoms with Crippen molar-refractivity contribution in [3.8, 4) is 11.1 Å². The average Bonchev–Trinajstić information content (AvgIpc) is 3.25. The van der Waals surface area contributed by atoms with Gasteiger partial charge in [0.25, 0.3) is 5.91 Å². The summed E-state index contributed by atoms with van der Waals surface area (Å²) in [7, 11) is 0. The Morgan fingerprint density at radius 2 is 1.62 bits per heavy atom. The van der Waals surface area contributed by atoms with Crippen molar-refractivity contribution in [3.63, 3.8) is 0 Å². The fourth-order valence-electron chi connectivity index (χ4n) is 4.14. The zero-order valence-electron chi connectivity index (χ0n) is 16.3. The zero-order chi connectivity index (χ0) is 19.6. The van der Waals surface area contributed by atoms with Crippen LogP contribution in [-0.2, 0) is 17.7 Å². The summed E-state index contributed by atoms with van der Waals surface area (Å²) in [6.07, 6.45) is 0.926. The Labute approximate surface area is 175 Å². The molecule has 0 atom stereocenters. The number of nitrogens with zero attached hydrogens (tertiary/aromatic N) is 2. The third-order valence-corrected chi connectivity index (χ3v) is 6.91. The summed E-state index contributed by atoms with van der Waals surface area (Å²) in [4.78, 5) is 18.6. The van der Waals surface area contributed by atoms with Crippen LogP contribution in [0.15, 0.2) is 60.7 Å². The lowest BCUT2D eigenvalue weighted by atomic mass is 10.00. The molecule has 1 amide bonds. The van der Waals surface area contributed by atoms with Crippen LogP contribution in [0.1, 0.15) is 20.8 Å². The molecule has 2 aliphatic heterocycles. The van der Waals surface area contributed by atoms with Crippen molar-refractivity contribution < 1.29 is 9.53 Å². The van der Waals surface area contributed by atoms with Crippen LogP contribution in [-0.4, -0.2) is 43.7 Å². The van der Waals surface area contributed by atoms with Crippen molar-refractivity contribution >= 4 is 22.2 Å². The predicted octanol–water partition coefficient (Wildman–Crippen LogP) is 4.45. The van der Waals surface area contributed by atoms with Gasteiger partial charge in [-0.1, -0.05) is 54.6 Å². The van der Waals surface area contributed by atoms with Gasteiger partial charge in [-0.05, 0) is 29.2 Å². The first-order valence-corrected chi connectivity index (χ1v) is 11.0. The highest BCUT2D eigenvalue weighted by Crippen LogP contribution is 2.40. The smallest absolute Gasteiger partial charge is 0.264 e. The molecule has 0 N–H and O–H groups in total. The molecule has 148 valence electrons. The zero-order valence-corrected chi connectivity index (χ0v) is 17.2. The van der Waals surface area contributed by atoms with Crippen LogP contribution >= 0.6 is 11.3 Å². The van der Waals surface area contributed by atoms with Crippen LogP contribution in [0.2, 0.25) is 0 Å². The first kappa shape index (κ1) is 18.4. The average molecular weight is 405 g/mol. The standard InChI is InChI=1S/C24H24N2O2S/c27-23(26-11-10-18-6-4-5-9-20(18)17-26)22-16-21(19-7-2-1-3-8-19)24(29-22)25-12-14-28-15-13-25/h1-9,16H,10-15,17H2. The predicted molar refractivity (Wildman–Crippen MR) is 118 cm³/mol. The number of carbonyl (C=O) groups excluding carboxylic acids is 1. The number of benzene rings is 2. The SMILES string of the molecule is O=C(c1cc(-c2ccccc2)c(N2CCOCC2)s1)N1CCc2ccccc2C1. The maximum absolute atomic E-state index is 13.4. The summed E-state index contributed by atoms with van der Waals surface area (Å²) in [6.45, 7) is 4.68. The third-order valence-electron chi connectivity index (χ3n) is 5.72. The number of amides is 1. The minimum atomic E-state index is 0.140. The second-order valence-electron chi connectivity index (χ2n) is 7.54. The molecule has 3 aromatic rings. The van der Waals surface area contributed by atoms with Crippen molar-refractivity contribution in [2.24, 2.45) is 0 Å². The van der Waals surface area contributed by atoms with E-state index in [1.54, 1.807) is 11.3 Å². The lowest BCUT2D eigenvalue weighted by Gasteiger charge is -2.29. The Hall–Kier alpha value is -2.63. The molecule has 0 bridgehead atoms. The second-order valence-corrected chi connectivity index (χ2v) is 8.57. The van der Waals surface area contributed by atoms with E-state index in [4.69, 9.17) is 4.74 Å². The van der Waals surface area contributed by atoms with E-state index in [9.17, 15) is 4.79 Å². The molecule has 0 aliphatic carbocycles. The van der Waals surface area contributed by atoms with Gasteiger partial charge < -0.3 is 14.5 Å². The number of hydrogen-bond donors (Lipinski definition) is 0. The minimum Gasteiger partial charge on any atom is -0.378 e. The molecule has 5 heteroatoms. The molecule has 5 rings (SSSR count). The Bertz CT molecular complexity index is 1010. The van der Waals surface area contributed by atoms with Gasteiger partial charge in [0.15, 0.2) is 0 Å². The molecular weight excluding hydrogens is 380 g/mol. The molecule has 0 saturated carbocycles. The maximum atomic E-state index is 13.4. The number of carbonyl (C=O) groups is 1. The molecular formula is C24H24N2O2S. The lowest BCUT2D eigenvalue weighted by Crippen LogP contribution is -2.36. The van der Waals surface area contributed by atoms with E-state index >= 15 is 0 Å². The highest BCUT2D eigenvalue weighted by molar-refractivity contribution is 7.18. The van der Waals surface area contributed by atoms with E-state index in [0.29, 0.717) is 6.54 Å². The molecule has 2 aliphatic rings. The van der Waals surface area contributed by atoms with Crippen molar-refractivity contribution in [1.82, 2.24) is 4.90 Å². The van der Waals surface area contributed by atoms with Gasteiger partial charge in [-0.15, -0.1) is 11.3 Å². The quantitative estimate of drug-likeness (QED) is 0.647. The number of anilines is 1. The summed E-state index contributed by atoms with van der Waals surface area (Å²) >= 11 is 1.62. The number of rotatable bonds is 3. The normalized spacial score (nSPS) is 16.6. The molecule has 0 unspecified atom stereocenters. The summed E-state index contributed by atoms with van der Waals surface area (Å²) in [5.74, 6) is 0.140. The Morgan fingerprint density at radius 3 is 2.41 bits per heavy atom.